The maximum absolute atomic E-state index is 5.71. The number of morpholine rings is 1. The minimum atomic E-state index is 0.255. The summed E-state index contributed by atoms with van der Waals surface area (Å²) in [4.78, 5) is 4.47. The molecule has 0 N–H and O–H groups in total. The predicted molar refractivity (Wildman–Crippen MR) is 71.4 cm³/mol. The van der Waals surface area contributed by atoms with E-state index in [0.717, 1.165) is 24.2 Å². The van der Waals surface area contributed by atoms with Crippen LogP contribution in [0.3, 0.4) is 0 Å². The molecule has 1 aromatic carbocycles. The maximum atomic E-state index is 5.71. The van der Waals surface area contributed by atoms with Crippen LogP contribution in [0.4, 0.5) is 0 Å². The average molecular weight is 264 g/mol. The Morgan fingerprint density at radius 3 is 2.67 bits per heavy atom. The van der Waals surface area contributed by atoms with Crippen molar-refractivity contribution in [1.29, 1.82) is 0 Å². The molecule has 2 atom stereocenters. The zero-order valence-electron chi connectivity index (χ0n) is 10.5. The van der Waals surface area contributed by atoms with E-state index in [4.69, 9.17) is 9.15 Å². The van der Waals surface area contributed by atoms with E-state index >= 15 is 0 Å². The standard InChI is InChI=1S/C13H16N2O2S/c1-9-7-15(8-10(2)16-9)18-13-14-11-5-3-4-6-12(11)17-13/h3-6,9-10H,7-8H2,1-2H3. The van der Waals surface area contributed by atoms with Crippen molar-refractivity contribution >= 4 is 23.0 Å². The summed E-state index contributed by atoms with van der Waals surface area (Å²) in [6.07, 6.45) is 0.510. The molecule has 4 nitrogen and oxygen atoms in total. The lowest BCUT2D eigenvalue weighted by Crippen LogP contribution is -2.41. The van der Waals surface area contributed by atoms with Crippen LogP contribution < -0.4 is 0 Å². The Bertz CT molecular complexity index is 500. The van der Waals surface area contributed by atoms with Crippen molar-refractivity contribution < 1.29 is 9.15 Å². The molecule has 3 rings (SSSR count). The van der Waals surface area contributed by atoms with Crippen molar-refractivity contribution in [2.45, 2.75) is 31.3 Å². The molecule has 2 aromatic rings. The van der Waals surface area contributed by atoms with Crippen LogP contribution in [0, 0.1) is 0 Å². The van der Waals surface area contributed by atoms with Gasteiger partial charge in [0.25, 0.3) is 5.22 Å². The molecule has 1 fully saturated rings. The SMILES string of the molecule is CC1CN(Sc2nc3ccccc3o2)CC(C)O1. The van der Waals surface area contributed by atoms with Gasteiger partial charge in [-0.15, -0.1) is 0 Å². The highest BCUT2D eigenvalue weighted by Crippen LogP contribution is 2.28. The van der Waals surface area contributed by atoms with Gasteiger partial charge < -0.3 is 9.15 Å². The van der Waals surface area contributed by atoms with Crippen LogP contribution in [-0.4, -0.2) is 34.6 Å². The van der Waals surface area contributed by atoms with Crippen molar-refractivity contribution in [2.24, 2.45) is 0 Å². The number of oxazole rings is 1. The highest BCUT2D eigenvalue weighted by atomic mass is 32.2. The number of nitrogens with zero attached hydrogens (tertiary/aromatic N) is 2. The minimum absolute atomic E-state index is 0.255. The zero-order chi connectivity index (χ0) is 12.5. The summed E-state index contributed by atoms with van der Waals surface area (Å²) in [5.74, 6) is 0. The molecule has 1 aliphatic heterocycles. The molecule has 0 spiro atoms. The smallest absolute Gasteiger partial charge is 0.272 e. The van der Waals surface area contributed by atoms with E-state index in [2.05, 4.69) is 23.1 Å². The van der Waals surface area contributed by atoms with Gasteiger partial charge in [-0.3, -0.25) is 0 Å². The molecular weight excluding hydrogens is 248 g/mol. The van der Waals surface area contributed by atoms with E-state index in [0.29, 0.717) is 5.22 Å². The third-order valence-corrected chi connectivity index (χ3v) is 3.75. The molecule has 0 bridgehead atoms. The van der Waals surface area contributed by atoms with E-state index in [1.165, 1.54) is 0 Å². The quantitative estimate of drug-likeness (QED) is 0.780. The molecule has 0 amide bonds. The monoisotopic (exact) mass is 264 g/mol. The van der Waals surface area contributed by atoms with E-state index in [1.807, 2.05) is 24.3 Å². The second kappa shape index (κ2) is 4.91. The Kier molecular flexibility index (Phi) is 3.28. The Morgan fingerprint density at radius 1 is 1.22 bits per heavy atom. The molecule has 2 heterocycles. The Balaban J connectivity index is 1.75. The van der Waals surface area contributed by atoms with Gasteiger partial charge in [-0.25, -0.2) is 9.29 Å². The first-order valence-electron chi connectivity index (χ1n) is 6.14. The first-order chi connectivity index (χ1) is 8.70. The van der Waals surface area contributed by atoms with Crippen LogP contribution in [0.15, 0.2) is 33.9 Å². The lowest BCUT2D eigenvalue weighted by molar-refractivity contribution is -0.0416. The molecule has 0 aliphatic carbocycles. The molecular formula is C13H16N2O2S. The van der Waals surface area contributed by atoms with E-state index in [1.54, 1.807) is 11.9 Å². The van der Waals surface area contributed by atoms with Crippen LogP contribution in [0.2, 0.25) is 0 Å². The second-order valence-electron chi connectivity index (χ2n) is 4.64. The third kappa shape index (κ3) is 2.53. The second-order valence-corrected chi connectivity index (χ2v) is 5.69. The van der Waals surface area contributed by atoms with Gasteiger partial charge in [-0.2, -0.15) is 0 Å². The van der Waals surface area contributed by atoms with Gasteiger partial charge in [-0.05, 0) is 26.0 Å². The van der Waals surface area contributed by atoms with Crippen LogP contribution in [0.1, 0.15) is 13.8 Å². The summed E-state index contributed by atoms with van der Waals surface area (Å²) in [6, 6.07) is 7.84. The number of hydrogen-bond acceptors (Lipinski definition) is 5. The number of ether oxygens (including phenoxy) is 1. The number of benzene rings is 1. The summed E-state index contributed by atoms with van der Waals surface area (Å²) >= 11 is 1.57. The normalized spacial score (nSPS) is 25.7. The largest absolute Gasteiger partial charge is 0.430 e. The van der Waals surface area contributed by atoms with Crippen molar-refractivity contribution in [2.75, 3.05) is 13.1 Å². The summed E-state index contributed by atoms with van der Waals surface area (Å²) in [6.45, 7) is 5.98. The Morgan fingerprint density at radius 2 is 1.94 bits per heavy atom. The van der Waals surface area contributed by atoms with Gasteiger partial charge in [0, 0.05) is 25.0 Å². The van der Waals surface area contributed by atoms with Gasteiger partial charge in [0.05, 0.1) is 12.2 Å². The molecule has 1 aromatic heterocycles. The molecule has 5 heteroatoms. The number of hydrogen-bond donors (Lipinski definition) is 0. The average Bonchev–Trinajstić information content (AvgIpc) is 2.69. The Labute approximate surface area is 110 Å². The molecule has 1 aliphatic rings. The lowest BCUT2D eigenvalue weighted by atomic mass is 10.3. The predicted octanol–water partition coefficient (Wildman–Crippen LogP) is 2.94. The third-order valence-electron chi connectivity index (χ3n) is 2.87. The highest BCUT2D eigenvalue weighted by Gasteiger charge is 2.24. The van der Waals surface area contributed by atoms with Crippen LogP contribution in [0.25, 0.3) is 11.1 Å². The van der Waals surface area contributed by atoms with Gasteiger partial charge in [-0.1, -0.05) is 12.1 Å². The molecule has 1 saturated heterocycles. The van der Waals surface area contributed by atoms with Crippen LogP contribution in [-0.2, 0) is 4.74 Å². The fourth-order valence-corrected chi connectivity index (χ4v) is 3.26. The first kappa shape index (κ1) is 12.0. The summed E-state index contributed by atoms with van der Waals surface area (Å²) in [5.41, 5.74) is 1.75. The molecule has 0 radical (unpaired) electrons. The van der Waals surface area contributed by atoms with Gasteiger partial charge in [0.2, 0.25) is 0 Å². The van der Waals surface area contributed by atoms with E-state index in [-0.39, 0.29) is 12.2 Å². The van der Waals surface area contributed by atoms with E-state index in [9.17, 15) is 0 Å². The van der Waals surface area contributed by atoms with Crippen molar-refractivity contribution in [3.8, 4) is 0 Å². The molecule has 2 unspecified atom stereocenters. The fourth-order valence-electron chi connectivity index (χ4n) is 2.21. The van der Waals surface area contributed by atoms with Crippen molar-refractivity contribution in [1.82, 2.24) is 9.29 Å². The topological polar surface area (TPSA) is 38.5 Å². The maximum Gasteiger partial charge on any atom is 0.272 e. The van der Waals surface area contributed by atoms with Gasteiger partial charge >= 0.3 is 0 Å². The summed E-state index contributed by atoms with van der Waals surface area (Å²) in [5, 5.41) is 0.706. The van der Waals surface area contributed by atoms with Gasteiger partial charge in [0.1, 0.15) is 5.52 Å². The number of fused-ring (bicyclic) bond motifs is 1. The molecule has 0 saturated carbocycles. The fraction of sp³-hybridized carbons (Fsp3) is 0.462. The van der Waals surface area contributed by atoms with Gasteiger partial charge in [0.15, 0.2) is 5.58 Å². The lowest BCUT2D eigenvalue weighted by Gasteiger charge is -2.33. The molecule has 18 heavy (non-hydrogen) atoms. The number of aromatic nitrogens is 1. The van der Waals surface area contributed by atoms with Crippen LogP contribution in [0.5, 0.6) is 0 Å². The number of rotatable bonds is 2. The first-order valence-corrected chi connectivity index (χ1v) is 6.92. The van der Waals surface area contributed by atoms with Crippen molar-refractivity contribution in [3.05, 3.63) is 24.3 Å². The van der Waals surface area contributed by atoms with Crippen LogP contribution >= 0.6 is 11.9 Å². The minimum Gasteiger partial charge on any atom is -0.430 e. The highest BCUT2D eigenvalue weighted by molar-refractivity contribution is 7.96. The Hall–Kier alpha value is -1.04. The molecule has 96 valence electrons. The van der Waals surface area contributed by atoms with Crippen molar-refractivity contribution in [3.63, 3.8) is 0 Å². The van der Waals surface area contributed by atoms with E-state index < -0.39 is 0 Å². The summed E-state index contributed by atoms with van der Waals surface area (Å²) in [7, 11) is 0. The zero-order valence-corrected chi connectivity index (χ0v) is 11.3. The number of para-hydroxylation sites is 2. The summed E-state index contributed by atoms with van der Waals surface area (Å²) < 4.78 is 13.7.